The second-order valence-electron chi connectivity index (χ2n) is 4.57. The van der Waals surface area contributed by atoms with Gasteiger partial charge in [0.2, 0.25) is 0 Å². The number of nitrogen functional groups attached to an aromatic ring is 1. The minimum absolute atomic E-state index is 0.197. The molecule has 2 nitrogen and oxygen atoms in total. The summed E-state index contributed by atoms with van der Waals surface area (Å²) in [5.74, 6) is 0.502. The first kappa shape index (κ1) is 11.2. The standard InChI is InChI=1S/C13H19FN2/c1-2-10-4-3-7-16(9-10)13-6-5-11(15)8-12(13)14/h5-6,8,10H,2-4,7,9,15H2,1H3. The lowest BCUT2D eigenvalue weighted by atomic mass is 9.95. The molecular formula is C13H19FN2. The van der Waals surface area contributed by atoms with Crippen LogP contribution in [0.25, 0.3) is 0 Å². The molecule has 0 amide bonds. The Kier molecular flexibility index (Phi) is 3.32. The first-order valence-electron chi connectivity index (χ1n) is 6.00. The molecule has 16 heavy (non-hydrogen) atoms. The maximum atomic E-state index is 13.7. The number of hydrogen-bond donors (Lipinski definition) is 1. The van der Waals surface area contributed by atoms with E-state index in [1.165, 1.54) is 18.9 Å². The fourth-order valence-electron chi connectivity index (χ4n) is 2.40. The normalized spacial score (nSPS) is 21.1. The first-order valence-corrected chi connectivity index (χ1v) is 6.00. The summed E-state index contributed by atoms with van der Waals surface area (Å²) in [6, 6.07) is 4.97. The van der Waals surface area contributed by atoms with Gasteiger partial charge in [0.25, 0.3) is 0 Å². The molecule has 0 aromatic heterocycles. The molecule has 1 aromatic rings. The minimum Gasteiger partial charge on any atom is -0.399 e. The predicted molar refractivity (Wildman–Crippen MR) is 66.0 cm³/mol. The monoisotopic (exact) mass is 222 g/mol. The minimum atomic E-state index is -0.197. The zero-order chi connectivity index (χ0) is 11.5. The molecule has 1 heterocycles. The molecule has 88 valence electrons. The molecule has 0 radical (unpaired) electrons. The van der Waals surface area contributed by atoms with E-state index >= 15 is 0 Å². The van der Waals surface area contributed by atoms with Crippen molar-refractivity contribution in [1.82, 2.24) is 0 Å². The zero-order valence-electron chi connectivity index (χ0n) is 9.75. The summed E-state index contributed by atoms with van der Waals surface area (Å²) in [5, 5.41) is 0. The van der Waals surface area contributed by atoms with Gasteiger partial charge in [-0.15, -0.1) is 0 Å². The Bertz CT molecular complexity index is 365. The Balaban J connectivity index is 2.16. The number of halogens is 1. The topological polar surface area (TPSA) is 29.3 Å². The van der Waals surface area contributed by atoms with Crippen LogP contribution in [-0.2, 0) is 0 Å². The van der Waals surface area contributed by atoms with Crippen molar-refractivity contribution in [2.24, 2.45) is 5.92 Å². The molecule has 0 bridgehead atoms. The summed E-state index contributed by atoms with van der Waals surface area (Å²) in [5.41, 5.74) is 6.74. The van der Waals surface area contributed by atoms with Crippen LogP contribution >= 0.6 is 0 Å². The maximum Gasteiger partial charge on any atom is 0.148 e. The smallest absolute Gasteiger partial charge is 0.148 e. The molecule has 1 saturated heterocycles. The van der Waals surface area contributed by atoms with E-state index in [0.29, 0.717) is 17.3 Å². The van der Waals surface area contributed by atoms with E-state index in [1.54, 1.807) is 12.1 Å². The van der Waals surface area contributed by atoms with Gasteiger partial charge in [0, 0.05) is 18.8 Å². The number of nitrogens with two attached hydrogens (primary N) is 1. The molecule has 1 aliphatic rings. The van der Waals surface area contributed by atoms with Crippen molar-refractivity contribution >= 4 is 11.4 Å². The maximum absolute atomic E-state index is 13.7. The van der Waals surface area contributed by atoms with Crippen molar-refractivity contribution in [1.29, 1.82) is 0 Å². The molecule has 1 aromatic carbocycles. The predicted octanol–water partition coefficient (Wildman–Crippen LogP) is 3.03. The van der Waals surface area contributed by atoms with Crippen LogP contribution in [0.3, 0.4) is 0 Å². The summed E-state index contributed by atoms with van der Waals surface area (Å²) in [6.07, 6.45) is 3.60. The van der Waals surface area contributed by atoms with E-state index in [0.717, 1.165) is 19.5 Å². The van der Waals surface area contributed by atoms with Crippen molar-refractivity contribution < 1.29 is 4.39 Å². The van der Waals surface area contributed by atoms with E-state index < -0.39 is 0 Å². The van der Waals surface area contributed by atoms with Gasteiger partial charge >= 0.3 is 0 Å². The molecule has 1 fully saturated rings. The van der Waals surface area contributed by atoms with Gasteiger partial charge in [-0.1, -0.05) is 13.3 Å². The lowest BCUT2D eigenvalue weighted by molar-refractivity contribution is 0.401. The first-order chi connectivity index (χ1) is 7.70. The second-order valence-corrected chi connectivity index (χ2v) is 4.57. The number of piperidine rings is 1. The van der Waals surface area contributed by atoms with Crippen LogP contribution in [-0.4, -0.2) is 13.1 Å². The largest absolute Gasteiger partial charge is 0.399 e. The molecule has 1 aliphatic heterocycles. The molecule has 0 saturated carbocycles. The van der Waals surface area contributed by atoms with Gasteiger partial charge in [-0.05, 0) is 37.0 Å². The van der Waals surface area contributed by atoms with E-state index in [9.17, 15) is 4.39 Å². The van der Waals surface area contributed by atoms with Crippen molar-refractivity contribution in [3.05, 3.63) is 24.0 Å². The number of rotatable bonds is 2. The summed E-state index contributed by atoms with van der Waals surface area (Å²) in [7, 11) is 0. The summed E-state index contributed by atoms with van der Waals surface area (Å²) in [4.78, 5) is 2.15. The van der Waals surface area contributed by atoms with Crippen molar-refractivity contribution in [3.63, 3.8) is 0 Å². The van der Waals surface area contributed by atoms with Crippen LogP contribution in [0.15, 0.2) is 18.2 Å². The third-order valence-corrected chi connectivity index (χ3v) is 3.41. The van der Waals surface area contributed by atoms with Crippen LogP contribution in [0.1, 0.15) is 26.2 Å². The van der Waals surface area contributed by atoms with E-state index in [1.807, 2.05) is 0 Å². The molecule has 0 spiro atoms. The quantitative estimate of drug-likeness (QED) is 0.779. The molecule has 3 heteroatoms. The van der Waals surface area contributed by atoms with Crippen LogP contribution < -0.4 is 10.6 Å². The lowest BCUT2D eigenvalue weighted by Crippen LogP contribution is -2.35. The Morgan fingerprint density at radius 1 is 1.50 bits per heavy atom. The van der Waals surface area contributed by atoms with Crippen LogP contribution in [0, 0.1) is 11.7 Å². The van der Waals surface area contributed by atoms with Crippen molar-refractivity contribution in [2.75, 3.05) is 23.7 Å². The highest BCUT2D eigenvalue weighted by atomic mass is 19.1. The molecule has 1 atom stereocenters. The highest BCUT2D eigenvalue weighted by molar-refractivity contribution is 5.54. The Morgan fingerprint density at radius 3 is 3.00 bits per heavy atom. The van der Waals surface area contributed by atoms with Crippen LogP contribution in [0.4, 0.5) is 15.8 Å². The second kappa shape index (κ2) is 4.73. The van der Waals surface area contributed by atoms with E-state index in [4.69, 9.17) is 5.73 Å². The molecule has 1 unspecified atom stereocenters. The number of nitrogens with zero attached hydrogens (tertiary/aromatic N) is 1. The van der Waals surface area contributed by atoms with Crippen molar-refractivity contribution in [3.8, 4) is 0 Å². The van der Waals surface area contributed by atoms with E-state index in [-0.39, 0.29) is 5.82 Å². The Labute approximate surface area is 96.2 Å². The van der Waals surface area contributed by atoms with E-state index in [2.05, 4.69) is 11.8 Å². The van der Waals surface area contributed by atoms with Gasteiger partial charge in [-0.25, -0.2) is 4.39 Å². The molecule has 0 aliphatic carbocycles. The fraction of sp³-hybridized carbons (Fsp3) is 0.538. The van der Waals surface area contributed by atoms with Gasteiger partial charge in [0.15, 0.2) is 0 Å². The number of anilines is 2. The van der Waals surface area contributed by atoms with Gasteiger partial charge in [0.05, 0.1) is 5.69 Å². The van der Waals surface area contributed by atoms with Gasteiger partial charge in [-0.3, -0.25) is 0 Å². The van der Waals surface area contributed by atoms with Crippen molar-refractivity contribution in [2.45, 2.75) is 26.2 Å². The zero-order valence-corrected chi connectivity index (χ0v) is 9.75. The SMILES string of the molecule is CCC1CCCN(c2ccc(N)cc2F)C1. The third-order valence-electron chi connectivity index (χ3n) is 3.41. The number of hydrogen-bond acceptors (Lipinski definition) is 2. The lowest BCUT2D eigenvalue weighted by Gasteiger charge is -2.34. The molecule has 2 rings (SSSR count). The number of benzene rings is 1. The Hall–Kier alpha value is -1.25. The average molecular weight is 222 g/mol. The van der Waals surface area contributed by atoms with Gasteiger partial charge in [0.1, 0.15) is 5.82 Å². The summed E-state index contributed by atoms with van der Waals surface area (Å²) >= 11 is 0. The average Bonchev–Trinajstić information content (AvgIpc) is 2.29. The highest BCUT2D eigenvalue weighted by Gasteiger charge is 2.20. The fourth-order valence-corrected chi connectivity index (χ4v) is 2.40. The highest BCUT2D eigenvalue weighted by Crippen LogP contribution is 2.27. The molecular weight excluding hydrogens is 203 g/mol. The third kappa shape index (κ3) is 2.29. The van der Waals surface area contributed by atoms with Crippen LogP contribution in [0.5, 0.6) is 0 Å². The van der Waals surface area contributed by atoms with Gasteiger partial charge < -0.3 is 10.6 Å². The van der Waals surface area contributed by atoms with Gasteiger partial charge in [-0.2, -0.15) is 0 Å². The summed E-state index contributed by atoms with van der Waals surface area (Å²) in [6.45, 7) is 4.13. The Morgan fingerprint density at radius 2 is 2.31 bits per heavy atom. The summed E-state index contributed by atoms with van der Waals surface area (Å²) < 4.78 is 13.7. The van der Waals surface area contributed by atoms with Crippen LogP contribution in [0.2, 0.25) is 0 Å². The molecule has 2 N–H and O–H groups in total.